The van der Waals surface area contributed by atoms with Gasteiger partial charge >= 0.3 is 0 Å². The van der Waals surface area contributed by atoms with Gasteiger partial charge in [-0.2, -0.15) is 5.10 Å². The minimum atomic E-state index is -0.379. The molecule has 1 aromatic carbocycles. The summed E-state index contributed by atoms with van der Waals surface area (Å²) < 4.78 is 16.6. The number of rotatable bonds is 6. The Hall–Kier alpha value is -2.06. The van der Waals surface area contributed by atoms with Gasteiger partial charge in [0.05, 0.1) is 27.5 Å². The zero-order valence-corrected chi connectivity index (χ0v) is 15.2. The second kappa shape index (κ2) is 7.98. The third kappa shape index (κ3) is 4.23. The van der Waals surface area contributed by atoms with Crippen LogP contribution in [0.25, 0.3) is 0 Å². The average Bonchev–Trinajstić information content (AvgIpc) is 2.98. The number of hydrogen-bond acceptors (Lipinski definition) is 6. The van der Waals surface area contributed by atoms with Crippen molar-refractivity contribution < 1.29 is 19.0 Å². The van der Waals surface area contributed by atoms with Crippen LogP contribution in [0.2, 0.25) is 0 Å². The molecule has 122 valence electrons. The van der Waals surface area contributed by atoms with Gasteiger partial charge in [0.1, 0.15) is 0 Å². The van der Waals surface area contributed by atoms with E-state index in [-0.39, 0.29) is 5.91 Å². The smallest absolute Gasteiger partial charge is 0.271 e. The lowest BCUT2D eigenvalue weighted by molar-refractivity contribution is 0.0954. The van der Waals surface area contributed by atoms with Crippen molar-refractivity contribution in [3.05, 3.63) is 38.5 Å². The van der Waals surface area contributed by atoms with E-state index < -0.39 is 0 Å². The monoisotopic (exact) mass is 398 g/mol. The van der Waals surface area contributed by atoms with Gasteiger partial charge in [-0.1, -0.05) is 0 Å². The van der Waals surface area contributed by atoms with Crippen LogP contribution < -0.4 is 19.6 Å². The van der Waals surface area contributed by atoms with Gasteiger partial charge in [-0.3, -0.25) is 4.79 Å². The highest BCUT2D eigenvalue weighted by molar-refractivity contribution is 9.10. The van der Waals surface area contributed by atoms with E-state index in [9.17, 15) is 4.79 Å². The number of carbonyl (C=O) groups excluding carboxylic acids is 1. The molecule has 0 spiro atoms. The molecule has 1 amide bonds. The number of nitrogens with zero attached hydrogens (tertiary/aromatic N) is 1. The van der Waals surface area contributed by atoms with Gasteiger partial charge in [-0.25, -0.2) is 5.43 Å². The fourth-order valence-electron chi connectivity index (χ4n) is 1.83. The van der Waals surface area contributed by atoms with Gasteiger partial charge < -0.3 is 14.2 Å². The van der Waals surface area contributed by atoms with Crippen molar-refractivity contribution in [1.82, 2.24) is 5.43 Å². The first-order valence-electron chi connectivity index (χ1n) is 6.46. The molecule has 0 saturated carbocycles. The van der Waals surface area contributed by atoms with Crippen LogP contribution in [0.1, 0.15) is 15.2 Å². The van der Waals surface area contributed by atoms with Crippen LogP contribution in [0.5, 0.6) is 17.2 Å². The molecule has 0 radical (unpaired) electrons. The molecule has 0 aliphatic rings. The van der Waals surface area contributed by atoms with Crippen LogP contribution in [0.3, 0.4) is 0 Å². The number of methoxy groups -OCH3 is 3. The topological polar surface area (TPSA) is 69.2 Å². The van der Waals surface area contributed by atoms with E-state index in [1.807, 2.05) is 11.4 Å². The number of hydrogen-bond donors (Lipinski definition) is 1. The standard InChI is InChI=1S/C15H15BrN2O4S/c1-20-12-4-9(5-13(21-2)14(12)22-3)15(19)18-17-7-11-6-10(16)8-23-11/h4-8H,1-3H3,(H,18,19)/b17-7-. The Morgan fingerprint density at radius 2 is 1.83 bits per heavy atom. The molecule has 0 fully saturated rings. The van der Waals surface area contributed by atoms with Crippen molar-refractivity contribution in [2.45, 2.75) is 0 Å². The summed E-state index contributed by atoms with van der Waals surface area (Å²) in [5.41, 5.74) is 2.82. The molecular formula is C15H15BrN2O4S. The molecule has 0 atom stereocenters. The maximum atomic E-state index is 12.2. The highest BCUT2D eigenvalue weighted by Crippen LogP contribution is 2.38. The summed E-state index contributed by atoms with van der Waals surface area (Å²) in [7, 11) is 4.49. The number of thiophene rings is 1. The maximum absolute atomic E-state index is 12.2. The van der Waals surface area contributed by atoms with Crippen LogP contribution in [-0.4, -0.2) is 33.5 Å². The first kappa shape index (κ1) is 17.3. The Morgan fingerprint density at radius 3 is 2.30 bits per heavy atom. The largest absolute Gasteiger partial charge is 0.493 e. The second-order valence-corrected chi connectivity index (χ2v) is 6.14. The molecule has 8 heteroatoms. The SMILES string of the molecule is COc1cc(C(=O)N/N=C\c2cc(Br)cs2)cc(OC)c1OC. The van der Waals surface area contributed by atoms with Gasteiger partial charge in [-0.15, -0.1) is 11.3 Å². The van der Waals surface area contributed by atoms with Gasteiger partial charge in [0.2, 0.25) is 5.75 Å². The molecule has 6 nitrogen and oxygen atoms in total. The number of carbonyl (C=O) groups is 1. The summed E-state index contributed by atoms with van der Waals surface area (Å²) in [6.45, 7) is 0. The Labute approximate surface area is 146 Å². The van der Waals surface area contributed by atoms with Crippen LogP contribution >= 0.6 is 27.3 Å². The van der Waals surface area contributed by atoms with Gasteiger partial charge in [-0.05, 0) is 34.1 Å². The van der Waals surface area contributed by atoms with Crippen molar-refractivity contribution in [3.63, 3.8) is 0 Å². The highest BCUT2D eigenvalue weighted by atomic mass is 79.9. The van der Waals surface area contributed by atoms with Crippen molar-refractivity contribution >= 4 is 39.4 Å². The predicted molar refractivity (Wildman–Crippen MR) is 93.2 cm³/mol. The van der Waals surface area contributed by atoms with Crippen LogP contribution in [0.15, 0.2) is 33.2 Å². The zero-order chi connectivity index (χ0) is 16.8. The Bertz CT molecular complexity index is 705. The van der Waals surface area contributed by atoms with Crippen molar-refractivity contribution in [3.8, 4) is 17.2 Å². The zero-order valence-electron chi connectivity index (χ0n) is 12.8. The molecule has 2 aromatic rings. The first-order chi connectivity index (χ1) is 11.1. The quantitative estimate of drug-likeness (QED) is 0.598. The predicted octanol–water partition coefficient (Wildman–Crippen LogP) is 3.30. The fourth-order valence-corrected chi connectivity index (χ4v) is 3.13. The van der Waals surface area contributed by atoms with Gasteiger partial charge in [0.25, 0.3) is 5.91 Å². The number of halogens is 1. The number of benzene rings is 1. The van der Waals surface area contributed by atoms with Crippen molar-refractivity contribution in [2.24, 2.45) is 5.10 Å². The van der Waals surface area contributed by atoms with E-state index in [0.29, 0.717) is 22.8 Å². The summed E-state index contributed by atoms with van der Waals surface area (Å²) in [6, 6.07) is 5.03. The van der Waals surface area contributed by atoms with Crippen LogP contribution in [-0.2, 0) is 0 Å². The molecule has 23 heavy (non-hydrogen) atoms. The fraction of sp³-hybridized carbons (Fsp3) is 0.200. The van der Waals surface area contributed by atoms with E-state index in [0.717, 1.165) is 9.35 Å². The van der Waals surface area contributed by atoms with E-state index >= 15 is 0 Å². The van der Waals surface area contributed by atoms with Crippen LogP contribution in [0.4, 0.5) is 0 Å². The van der Waals surface area contributed by atoms with Gasteiger partial charge in [0.15, 0.2) is 11.5 Å². The average molecular weight is 399 g/mol. The summed E-state index contributed by atoms with van der Waals surface area (Å²) in [5, 5.41) is 5.87. The number of nitrogens with one attached hydrogen (secondary N) is 1. The Balaban J connectivity index is 2.17. The molecule has 1 heterocycles. The number of hydrazone groups is 1. The molecule has 0 aliphatic heterocycles. The lowest BCUT2D eigenvalue weighted by Crippen LogP contribution is -2.17. The van der Waals surface area contributed by atoms with Gasteiger partial charge in [0, 0.05) is 20.3 Å². The first-order valence-corrected chi connectivity index (χ1v) is 8.13. The molecule has 1 N–H and O–H groups in total. The van der Waals surface area contributed by atoms with E-state index in [1.54, 1.807) is 18.3 Å². The third-order valence-corrected chi connectivity index (χ3v) is 4.50. The molecular weight excluding hydrogens is 384 g/mol. The summed E-state index contributed by atoms with van der Waals surface area (Å²) >= 11 is 4.87. The second-order valence-electron chi connectivity index (χ2n) is 4.28. The van der Waals surface area contributed by atoms with E-state index in [2.05, 4.69) is 26.5 Å². The minimum absolute atomic E-state index is 0.351. The molecule has 0 aliphatic carbocycles. The third-order valence-electron chi connectivity index (χ3n) is 2.87. The summed E-state index contributed by atoms with van der Waals surface area (Å²) in [4.78, 5) is 13.1. The lowest BCUT2D eigenvalue weighted by atomic mass is 10.1. The Morgan fingerprint density at radius 1 is 1.17 bits per heavy atom. The number of ether oxygens (including phenoxy) is 3. The molecule has 0 bridgehead atoms. The lowest BCUT2D eigenvalue weighted by Gasteiger charge is -2.13. The molecule has 1 aromatic heterocycles. The van der Waals surface area contributed by atoms with Crippen molar-refractivity contribution in [2.75, 3.05) is 21.3 Å². The van der Waals surface area contributed by atoms with Crippen LogP contribution in [0, 0.1) is 0 Å². The molecule has 0 saturated heterocycles. The highest BCUT2D eigenvalue weighted by Gasteiger charge is 2.16. The maximum Gasteiger partial charge on any atom is 0.271 e. The normalized spacial score (nSPS) is 10.6. The van der Waals surface area contributed by atoms with E-state index in [4.69, 9.17) is 14.2 Å². The summed E-state index contributed by atoms with van der Waals surface area (Å²) in [5.74, 6) is 0.862. The summed E-state index contributed by atoms with van der Waals surface area (Å²) in [6.07, 6.45) is 1.57. The minimum Gasteiger partial charge on any atom is -0.493 e. The van der Waals surface area contributed by atoms with E-state index in [1.165, 1.54) is 32.7 Å². The molecule has 0 unspecified atom stereocenters. The Kier molecular flexibility index (Phi) is 6.00. The molecule has 2 rings (SSSR count). The number of amides is 1. The van der Waals surface area contributed by atoms with Crippen molar-refractivity contribution in [1.29, 1.82) is 0 Å².